The second kappa shape index (κ2) is 4.76. The number of hydrogen-bond donors (Lipinski definition) is 2. The van der Waals surface area contributed by atoms with Crippen LogP contribution in [0.5, 0.6) is 0 Å². The Balaban J connectivity index is 1.69. The molecule has 0 unspecified atom stereocenters. The molecule has 20 heavy (non-hydrogen) atoms. The summed E-state index contributed by atoms with van der Waals surface area (Å²) >= 11 is 0. The van der Waals surface area contributed by atoms with Crippen molar-refractivity contribution in [1.82, 2.24) is 15.5 Å². The molecule has 3 rings (SSSR count). The van der Waals surface area contributed by atoms with E-state index in [0.717, 1.165) is 5.56 Å². The number of anilines is 1. The van der Waals surface area contributed by atoms with Gasteiger partial charge in [0.15, 0.2) is 5.82 Å². The number of fused-ring (bicyclic) bond motifs is 1. The molecule has 2 amide bonds. The normalized spacial score (nSPS) is 12.9. The predicted octanol–water partition coefficient (Wildman–Crippen LogP) is 0.803. The van der Waals surface area contributed by atoms with E-state index >= 15 is 0 Å². The number of nitrogens with zero attached hydrogens (tertiary/aromatic N) is 2. The van der Waals surface area contributed by atoms with E-state index in [4.69, 9.17) is 4.52 Å². The quantitative estimate of drug-likeness (QED) is 0.861. The molecular weight excluding hydrogens is 260 g/mol. The molecule has 0 saturated carbocycles. The molecule has 0 atom stereocenters. The average Bonchev–Trinajstić information content (AvgIpc) is 2.99. The topological polar surface area (TPSA) is 97.1 Å². The number of benzene rings is 1. The molecule has 0 radical (unpaired) electrons. The van der Waals surface area contributed by atoms with Gasteiger partial charge in [0.1, 0.15) is 0 Å². The van der Waals surface area contributed by atoms with Crippen LogP contribution >= 0.6 is 0 Å². The zero-order chi connectivity index (χ0) is 14.1. The number of carbonyl (C=O) groups is 2. The fourth-order valence-electron chi connectivity index (χ4n) is 2.03. The SMILES string of the molecule is Cc1noc(CNC(=O)c2ccc3c(c2)NC(=O)C3)n1. The van der Waals surface area contributed by atoms with Crippen molar-refractivity contribution in [3.63, 3.8) is 0 Å². The first-order valence-electron chi connectivity index (χ1n) is 6.12. The summed E-state index contributed by atoms with van der Waals surface area (Å²) in [5, 5.41) is 9.03. The van der Waals surface area contributed by atoms with E-state index in [1.54, 1.807) is 25.1 Å². The molecule has 0 spiro atoms. The van der Waals surface area contributed by atoms with Crippen LogP contribution in [0.25, 0.3) is 0 Å². The van der Waals surface area contributed by atoms with Gasteiger partial charge in [0, 0.05) is 11.3 Å². The van der Waals surface area contributed by atoms with Gasteiger partial charge >= 0.3 is 0 Å². The summed E-state index contributed by atoms with van der Waals surface area (Å²) in [6, 6.07) is 5.13. The fraction of sp³-hybridized carbons (Fsp3) is 0.231. The Hall–Kier alpha value is -2.70. The molecular formula is C13H12N4O3. The van der Waals surface area contributed by atoms with Crippen LogP contribution in [-0.2, 0) is 17.8 Å². The number of aryl methyl sites for hydroxylation is 1. The second-order valence-corrected chi connectivity index (χ2v) is 4.51. The van der Waals surface area contributed by atoms with Crippen LogP contribution in [0.4, 0.5) is 5.69 Å². The van der Waals surface area contributed by atoms with Gasteiger partial charge in [-0.2, -0.15) is 4.98 Å². The molecule has 2 aromatic rings. The van der Waals surface area contributed by atoms with E-state index in [2.05, 4.69) is 20.8 Å². The minimum Gasteiger partial charge on any atom is -0.343 e. The molecule has 1 aliphatic rings. The first kappa shape index (κ1) is 12.3. The maximum absolute atomic E-state index is 12.0. The van der Waals surface area contributed by atoms with Crippen molar-refractivity contribution >= 4 is 17.5 Å². The predicted molar refractivity (Wildman–Crippen MR) is 69.0 cm³/mol. The van der Waals surface area contributed by atoms with Gasteiger partial charge in [-0.15, -0.1) is 0 Å². The maximum Gasteiger partial charge on any atom is 0.251 e. The van der Waals surface area contributed by atoms with E-state index in [1.807, 2.05) is 0 Å². The lowest BCUT2D eigenvalue weighted by Crippen LogP contribution is -2.23. The Morgan fingerprint density at radius 1 is 1.50 bits per heavy atom. The Bertz CT molecular complexity index is 693. The number of carbonyl (C=O) groups excluding carboxylic acids is 2. The summed E-state index contributed by atoms with van der Waals surface area (Å²) in [6.45, 7) is 1.88. The van der Waals surface area contributed by atoms with Gasteiger partial charge < -0.3 is 15.2 Å². The van der Waals surface area contributed by atoms with Crippen molar-refractivity contribution in [3.05, 3.63) is 41.0 Å². The van der Waals surface area contributed by atoms with Gasteiger partial charge in [-0.25, -0.2) is 0 Å². The smallest absolute Gasteiger partial charge is 0.251 e. The molecule has 0 bridgehead atoms. The highest BCUT2D eigenvalue weighted by Gasteiger charge is 2.19. The van der Waals surface area contributed by atoms with Crippen LogP contribution in [0.1, 0.15) is 27.6 Å². The highest BCUT2D eigenvalue weighted by Crippen LogP contribution is 2.23. The summed E-state index contributed by atoms with van der Waals surface area (Å²) in [5.74, 6) is 0.559. The Labute approximate surface area is 114 Å². The summed E-state index contributed by atoms with van der Waals surface area (Å²) in [6.07, 6.45) is 0.360. The fourth-order valence-corrected chi connectivity index (χ4v) is 2.03. The highest BCUT2D eigenvalue weighted by molar-refractivity contribution is 6.02. The molecule has 102 valence electrons. The van der Waals surface area contributed by atoms with Gasteiger partial charge in [-0.3, -0.25) is 9.59 Å². The third-order valence-corrected chi connectivity index (χ3v) is 2.97. The van der Waals surface area contributed by atoms with Gasteiger partial charge in [0.2, 0.25) is 11.8 Å². The Kier molecular flexibility index (Phi) is 2.94. The molecule has 2 heterocycles. The summed E-state index contributed by atoms with van der Waals surface area (Å²) in [5.41, 5.74) is 2.07. The number of amides is 2. The highest BCUT2D eigenvalue weighted by atomic mass is 16.5. The lowest BCUT2D eigenvalue weighted by atomic mass is 10.1. The molecule has 1 aromatic heterocycles. The first-order valence-corrected chi connectivity index (χ1v) is 6.12. The Morgan fingerprint density at radius 2 is 2.35 bits per heavy atom. The molecule has 0 saturated heterocycles. The van der Waals surface area contributed by atoms with Gasteiger partial charge in [-0.05, 0) is 24.6 Å². The van der Waals surface area contributed by atoms with E-state index in [-0.39, 0.29) is 18.4 Å². The van der Waals surface area contributed by atoms with Crippen molar-refractivity contribution in [1.29, 1.82) is 0 Å². The van der Waals surface area contributed by atoms with E-state index in [0.29, 0.717) is 29.4 Å². The van der Waals surface area contributed by atoms with Gasteiger partial charge in [0.05, 0.1) is 13.0 Å². The van der Waals surface area contributed by atoms with Crippen LogP contribution < -0.4 is 10.6 Å². The van der Waals surface area contributed by atoms with Crippen molar-refractivity contribution < 1.29 is 14.1 Å². The van der Waals surface area contributed by atoms with E-state index in [9.17, 15) is 9.59 Å². The largest absolute Gasteiger partial charge is 0.343 e. The van der Waals surface area contributed by atoms with Gasteiger partial charge in [0.25, 0.3) is 5.91 Å². The summed E-state index contributed by atoms with van der Waals surface area (Å²) in [4.78, 5) is 27.2. The zero-order valence-electron chi connectivity index (χ0n) is 10.8. The van der Waals surface area contributed by atoms with Crippen molar-refractivity contribution in [2.75, 3.05) is 5.32 Å². The summed E-state index contributed by atoms with van der Waals surface area (Å²) in [7, 11) is 0. The zero-order valence-corrected chi connectivity index (χ0v) is 10.8. The van der Waals surface area contributed by atoms with Crippen molar-refractivity contribution in [2.45, 2.75) is 19.9 Å². The van der Waals surface area contributed by atoms with Gasteiger partial charge in [-0.1, -0.05) is 11.2 Å². The standard InChI is InChI=1S/C13H12N4O3/c1-7-15-12(20-17-7)6-14-13(19)9-3-2-8-5-11(18)16-10(8)4-9/h2-4H,5-6H2,1H3,(H,14,19)(H,16,18). The third kappa shape index (κ3) is 2.37. The average molecular weight is 272 g/mol. The number of hydrogen-bond acceptors (Lipinski definition) is 5. The van der Waals surface area contributed by atoms with Crippen molar-refractivity contribution in [3.8, 4) is 0 Å². The minimum atomic E-state index is -0.259. The molecule has 7 nitrogen and oxygen atoms in total. The molecule has 1 aliphatic heterocycles. The second-order valence-electron chi connectivity index (χ2n) is 4.51. The van der Waals surface area contributed by atoms with Crippen LogP contribution in [-0.4, -0.2) is 22.0 Å². The summed E-state index contributed by atoms with van der Waals surface area (Å²) < 4.78 is 4.91. The molecule has 0 fully saturated rings. The third-order valence-electron chi connectivity index (χ3n) is 2.97. The van der Waals surface area contributed by atoms with Crippen LogP contribution in [0.2, 0.25) is 0 Å². The molecule has 0 aliphatic carbocycles. The molecule has 2 N–H and O–H groups in total. The first-order chi connectivity index (χ1) is 9.61. The van der Waals surface area contributed by atoms with Crippen LogP contribution in [0.3, 0.4) is 0 Å². The van der Waals surface area contributed by atoms with E-state index in [1.165, 1.54) is 0 Å². The maximum atomic E-state index is 12.0. The number of aromatic nitrogens is 2. The minimum absolute atomic E-state index is 0.0566. The van der Waals surface area contributed by atoms with E-state index < -0.39 is 0 Å². The molecule has 7 heteroatoms. The lowest BCUT2D eigenvalue weighted by molar-refractivity contribution is -0.115. The Morgan fingerprint density at radius 3 is 3.10 bits per heavy atom. The number of nitrogens with one attached hydrogen (secondary N) is 2. The van der Waals surface area contributed by atoms with Crippen LogP contribution in [0, 0.1) is 6.92 Å². The lowest BCUT2D eigenvalue weighted by Gasteiger charge is -2.04. The number of rotatable bonds is 3. The van der Waals surface area contributed by atoms with Crippen LogP contribution in [0.15, 0.2) is 22.7 Å². The van der Waals surface area contributed by atoms with Crippen molar-refractivity contribution in [2.24, 2.45) is 0 Å². The monoisotopic (exact) mass is 272 g/mol. The molecule has 1 aromatic carbocycles.